The molecule has 154 valence electrons. The molecule has 31 heavy (non-hydrogen) atoms. The van der Waals surface area contributed by atoms with Crippen molar-refractivity contribution in [2.45, 2.75) is 6.61 Å². The molecule has 0 amide bonds. The van der Waals surface area contributed by atoms with Crippen LogP contribution in [0.4, 0.5) is 0 Å². The molecule has 0 aliphatic heterocycles. The van der Waals surface area contributed by atoms with Crippen molar-refractivity contribution >= 4 is 29.2 Å². The summed E-state index contributed by atoms with van der Waals surface area (Å²) in [6.45, 7) is 0.295. The van der Waals surface area contributed by atoms with Crippen molar-refractivity contribution in [2.24, 2.45) is 0 Å². The van der Waals surface area contributed by atoms with Gasteiger partial charge in [-0.15, -0.1) is 0 Å². The number of ether oxygens (including phenoxy) is 1. The van der Waals surface area contributed by atoms with Gasteiger partial charge in [-0.25, -0.2) is 9.78 Å². The maximum atomic E-state index is 11.4. The van der Waals surface area contributed by atoms with Gasteiger partial charge in [0.25, 0.3) is 0 Å². The summed E-state index contributed by atoms with van der Waals surface area (Å²) in [6, 6.07) is 25.4. The number of carboxylic acids is 1. The van der Waals surface area contributed by atoms with Crippen molar-refractivity contribution in [3.63, 3.8) is 0 Å². The van der Waals surface area contributed by atoms with Crippen LogP contribution in [0.15, 0.2) is 84.9 Å². The highest BCUT2D eigenvalue weighted by Gasteiger charge is 2.15. The standard InChI is InChI=1S/C25H17Cl2NO3/c26-17-12-13-24(31-15-16-6-1-4-9-21(16)27)20(14-17)18-7-2-3-8-19(18)22-10-5-11-23(28-22)25(29)30/h1-14H,15H2,(H,29,30). The Bertz CT molecular complexity index is 1260. The lowest BCUT2D eigenvalue weighted by atomic mass is 9.96. The van der Waals surface area contributed by atoms with Gasteiger partial charge in [-0.3, -0.25) is 0 Å². The Balaban J connectivity index is 1.77. The second-order valence-corrected chi connectivity index (χ2v) is 7.62. The number of rotatable bonds is 6. The first-order valence-corrected chi connectivity index (χ1v) is 10.2. The van der Waals surface area contributed by atoms with Crippen molar-refractivity contribution in [1.29, 1.82) is 0 Å². The Morgan fingerprint density at radius 3 is 2.35 bits per heavy atom. The molecule has 0 aliphatic rings. The Morgan fingerprint density at radius 2 is 1.58 bits per heavy atom. The van der Waals surface area contributed by atoms with Crippen molar-refractivity contribution in [3.8, 4) is 28.1 Å². The smallest absolute Gasteiger partial charge is 0.354 e. The van der Waals surface area contributed by atoms with E-state index < -0.39 is 5.97 Å². The number of carbonyl (C=O) groups is 1. The highest BCUT2D eigenvalue weighted by molar-refractivity contribution is 6.31. The number of hydrogen-bond acceptors (Lipinski definition) is 3. The van der Waals surface area contributed by atoms with E-state index >= 15 is 0 Å². The quantitative estimate of drug-likeness (QED) is 0.344. The zero-order valence-corrected chi connectivity index (χ0v) is 17.8. The third-order valence-electron chi connectivity index (χ3n) is 4.74. The second-order valence-electron chi connectivity index (χ2n) is 6.78. The number of halogens is 2. The van der Waals surface area contributed by atoms with Crippen LogP contribution in [0.25, 0.3) is 22.4 Å². The van der Waals surface area contributed by atoms with Crippen molar-refractivity contribution < 1.29 is 14.6 Å². The molecule has 0 bridgehead atoms. The summed E-state index contributed by atoms with van der Waals surface area (Å²) in [5.74, 6) is -0.447. The molecule has 1 aromatic heterocycles. The van der Waals surface area contributed by atoms with Crippen LogP contribution >= 0.6 is 23.2 Å². The van der Waals surface area contributed by atoms with E-state index in [-0.39, 0.29) is 5.69 Å². The lowest BCUT2D eigenvalue weighted by Gasteiger charge is -2.16. The Kier molecular flexibility index (Phi) is 6.21. The Morgan fingerprint density at radius 1 is 0.839 bits per heavy atom. The molecule has 0 spiro atoms. The normalized spacial score (nSPS) is 10.6. The fraction of sp³-hybridized carbons (Fsp3) is 0.0400. The van der Waals surface area contributed by atoms with E-state index in [4.69, 9.17) is 27.9 Å². The minimum Gasteiger partial charge on any atom is -0.488 e. The number of hydrogen-bond donors (Lipinski definition) is 1. The fourth-order valence-electron chi connectivity index (χ4n) is 3.25. The molecule has 1 N–H and O–H groups in total. The van der Waals surface area contributed by atoms with Gasteiger partial charge in [-0.2, -0.15) is 0 Å². The van der Waals surface area contributed by atoms with Gasteiger partial charge in [0.15, 0.2) is 0 Å². The zero-order valence-electron chi connectivity index (χ0n) is 16.3. The SMILES string of the molecule is O=C(O)c1cccc(-c2ccccc2-c2cc(Cl)ccc2OCc2ccccc2Cl)n1. The summed E-state index contributed by atoms with van der Waals surface area (Å²) in [7, 11) is 0. The zero-order chi connectivity index (χ0) is 21.8. The van der Waals surface area contributed by atoms with Crippen LogP contribution in [0.3, 0.4) is 0 Å². The molecule has 0 unspecified atom stereocenters. The molecule has 4 rings (SSSR count). The highest BCUT2D eigenvalue weighted by atomic mass is 35.5. The van der Waals surface area contributed by atoms with Gasteiger partial charge in [0.2, 0.25) is 0 Å². The number of pyridine rings is 1. The van der Waals surface area contributed by atoms with Crippen LogP contribution in [0.5, 0.6) is 5.75 Å². The molecule has 0 radical (unpaired) electrons. The third kappa shape index (κ3) is 4.71. The summed E-state index contributed by atoms with van der Waals surface area (Å²) in [6.07, 6.45) is 0. The molecule has 1 heterocycles. The molecule has 4 aromatic rings. The molecular weight excluding hydrogens is 433 g/mol. The van der Waals surface area contributed by atoms with E-state index in [1.807, 2.05) is 60.7 Å². The van der Waals surface area contributed by atoms with Crippen LogP contribution in [0, 0.1) is 0 Å². The topological polar surface area (TPSA) is 59.4 Å². The number of nitrogens with zero attached hydrogens (tertiary/aromatic N) is 1. The van der Waals surface area contributed by atoms with Gasteiger partial charge in [0, 0.05) is 26.7 Å². The van der Waals surface area contributed by atoms with Gasteiger partial charge >= 0.3 is 5.97 Å². The minimum atomic E-state index is -1.08. The minimum absolute atomic E-state index is 0.0198. The van der Waals surface area contributed by atoms with Crippen molar-refractivity contribution in [1.82, 2.24) is 4.98 Å². The maximum absolute atomic E-state index is 11.4. The number of aromatic nitrogens is 1. The van der Waals surface area contributed by atoms with E-state index in [1.165, 1.54) is 6.07 Å². The van der Waals surface area contributed by atoms with E-state index in [1.54, 1.807) is 18.2 Å². The van der Waals surface area contributed by atoms with Gasteiger partial charge in [-0.1, -0.05) is 71.7 Å². The summed E-state index contributed by atoms with van der Waals surface area (Å²) in [5, 5.41) is 10.5. The van der Waals surface area contributed by atoms with Gasteiger partial charge in [-0.05, 0) is 42.0 Å². The largest absolute Gasteiger partial charge is 0.488 e. The first-order valence-electron chi connectivity index (χ1n) is 9.49. The fourth-order valence-corrected chi connectivity index (χ4v) is 3.62. The highest BCUT2D eigenvalue weighted by Crippen LogP contribution is 2.38. The molecule has 0 aliphatic carbocycles. The lowest BCUT2D eigenvalue weighted by Crippen LogP contribution is -2.01. The first kappa shape index (κ1) is 20.9. The maximum Gasteiger partial charge on any atom is 0.354 e. The van der Waals surface area contributed by atoms with Crippen LogP contribution in [-0.4, -0.2) is 16.1 Å². The Hall–Kier alpha value is -3.34. The predicted molar refractivity (Wildman–Crippen MR) is 123 cm³/mol. The van der Waals surface area contributed by atoms with Crippen molar-refractivity contribution in [2.75, 3.05) is 0 Å². The average molecular weight is 450 g/mol. The lowest BCUT2D eigenvalue weighted by molar-refractivity contribution is 0.0690. The number of aromatic carboxylic acids is 1. The van der Waals surface area contributed by atoms with Gasteiger partial charge < -0.3 is 9.84 Å². The van der Waals surface area contributed by atoms with E-state index in [0.29, 0.717) is 28.1 Å². The van der Waals surface area contributed by atoms with E-state index in [9.17, 15) is 9.90 Å². The molecule has 0 fully saturated rings. The van der Waals surface area contributed by atoms with E-state index in [0.717, 1.165) is 22.3 Å². The summed E-state index contributed by atoms with van der Waals surface area (Å²) in [5.41, 5.74) is 3.78. The molecule has 0 atom stereocenters. The van der Waals surface area contributed by atoms with Crippen LogP contribution < -0.4 is 4.74 Å². The summed E-state index contributed by atoms with van der Waals surface area (Å²) in [4.78, 5) is 15.7. The molecule has 4 nitrogen and oxygen atoms in total. The molecule has 3 aromatic carbocycles. The first-order chi connectivity index (χ1) is 15.0. The molecular formula is C25H17Cl2NO3. The molecule has 0 saturated carbocycles. The number of benzene rings is 3. The Labute approximate surface area is 189 Å². The van der Waals surface area contributed by atoms with Crippen LogP contribution in [0.2, 0.25) is 10.0 Å². The average Bonchev–Trinajstić information content (AvgIpc) is 2.79. The van der Waals surface area contributed by atoms with E-state index in [2.05, 4.69) is 4.98 Å². The number of carboxylic acid groups (broad SMARTS) is 1. The van der Waals surface area contributed by atoms with Gasteiger partial charge in [0.05, 0.1) is 5.69 Å². The molecule has 0 saturated heterocycles. The third-order valence-corrected chi connectivity index (χ3v) is 5.35. The summed E-state index contributed by atoms with van der Waals surface area (Å²) >= 11 is 12.6. The van der Waals surface area contributed by atoms with Crippen molar-refractivity contribution in [3.05, 3.63) is 106 Å². The summed E-state index contributed by atoms with van der Waals surface area (Å²) < 4.78 is 6.11. The van der Waals surface area contributed by atoms with Crippen LogP contribution in [0.1, 0.15) is 16.1 Å². The molecule has 6 heteroatoms. The second kappa shape index (κ2) is 9.21. The predicted octanol–water partition coefficient (Wildman–Crippen LogP) is 7.00. The van der Waals surface area contributed by atoms with Gasteiger partial charge in [0.1, 0.15) is 18.1 Å². The van der Waals surface area contributed by atoms with Crippen LogP contribution in [-0.2, 0) is 6.61 Å². The monoisotopic (exact) mass is 449 g/mol.